The zero-order chi connectivity index (χ0) is 13.8. The number of carboxylic acids is 1. The molecular weight excluding hydrogens is 258 g/mol. The van der Waals surface area contributed by atoms with Gasteiger partial charge in [-0.2, -0.15) is 11.8 Å². The minimum absolute atomic E-state index is 0.198. The zero-order valence-corrected chi connectivity index (χ0v) is 12.3. The van der Waals surface area contributed by atoms with Crippen molar-refractivity contribution in [3.63, 3.8) is 0 Å². The molecule has 2 atom stereocenters. The van der Waals surface area contributed by atoms with Crippen LogP contribution in [0.3, 0.4) is 0 Å². The van der Waals surface area contributed by atoms with Gasteiger partial charge in [-0.1, -0.05) is 24.6 Å². The number of thioether (sulfide) groups is 1. The lowest BCUT2D eigenvalue weighted by Crippen LogP contribution is -2.37. The van der Waals surface area contributed by atoms with Gasteiger partial charge in [-0.3, -0.25) is 4.79 Å². The van der Waals surface area contributed by atoms with Crippen LogP contribution in [0.5, 0.6) is 0 Å². The number of aliphatic carboxylic acids is 1. The van der Waals surface area contributed by atoms with E-state index < -0.39 is 5.97 Å². The van der Waals surface area contributed by atoms with Crippen molar-refractivity contribution in [1.29, 1.82) is 0 Å². The van der Waals surface area contributed by atoms with Crippen molar-refractivity contribution in [2.24, 2.45) is 0 Å². The Morgan fingerprint density at radius 2 is 2.11 bits per heavy atom. The van der Waals surface area contributed by atoms with Gasteiger partial charge in [0.15, 0.2) is 0 Å². The Hall–Kier alpha value is -1.16. The summed E-state index contributed by atoms with van der Waals surface area (Å²) in [6, 6.07) is 8.85. The first kappa shape index (κ1) is 14.3. The van der Waals surface area contributed by atoms with Crippen molar-refractivity contribution in [3.05, 3.63) is 29.8 Å². The first-order valence-corrected chi connectivity index (χ1v) is 7.78. The Kier molecular flexibility index (Phi) is 4.75. The van der Waals surface area contributed by atoms with Crippen LogP contribution in [0.1, 0.15) is 25.3 Å². The fourth-order valence-electron chi connectivity index (χ4n) is 2.49. The molecule has 2 rings (SSSR count). The van der Waals surface area contributed by atoms with E-state index in [1.807, 2.05) is 11.8 Å². The molecule has 0 saturated carbocycles. The minimum atomic E-state index is -0.726. The molecule has 1 N–H and O–H groups in total. The van der Waals surface area contributed by atoms with Crippen molar-refractivity contribution in [3.8, 4) is 0 Å². The summed E-state index contributed by atoms with van der Waals surface area (Å²) in [4.78, 5) is 13.1. The maximum absolute atomic E-state index is 10.8. The van der Waals surface area contributed by atoms with Gasteiger partial charge in [-0.25, -0.2) is 0 Å². The van der Waals surface area contributed by atoms with Gasteiger partial charge in [0.05, 0.1) is 6.42 Å². The molecule has 1 aliphatic heterocycles. The van der Waals surface area contributed by atoms with Gasteiger partial charge in [0.25, 0.3) is 0 Å². The van der Waals surface area contributed by atoms with Crippen molar-refractivity contribution >= 4 is 23.4 Å². The topological polar surface area (TPSA) is 40.5 Å². The van der Waals surface area contributed by atoms with Crippen molar-refractivity contribution in [2.75, 3.05) is 17.2 Å². The lowest BCUT2D eigenvalue weighted by Gasteiger charge is -2.30. The highest BCUT2D eigenvalue weighted by Crippen LogP contribution is 2.32. The highest BCUT2D eigenvalue weighted by Gasteiger charge is 2.27. The van der Waals surface area contributed by atoms with Gasteiger partial charge < -0.3 is 10.0 Å². The van der Waals surface area contributed by atoms with Crippen LogP contribution in [0.4, 0.5) is 5.69 Å². The molecule has 2 unspecified atom stereocenters. The second kappa shape index (κ2) is 6.33. The second-order valence-electron chi connectivity index (χ2n) is 5.21. The Labute approximate surface area is 119 Å². The normalized spacial score (nSPS) is 22.4. The van der Waals surface area contributed by atoms with Crippen molar-refractivity contribution in [1.82, 2.24) is 0 Å². The molecule has 0 spiro atoms. The van der Waals surface area contributed by atoms with Crippen molar-refractivity contribution < 1.29 is 9.90 Å². The van der Waals surface area contributed by atoms with Crippen LogP contribution < -0.4 is 4.90 Å². The molecule has 1 aromatic rings. The van der Waals surface area contributed by atoms with E-state index in [0.29, 0.717) is 17.8 Å². The summed E-state index contributed by atoms with van der Waals surface area (Å²) in [5.41, 5.74) is 2.38. The average molecular weight is 279 g/mol. The van der Waals surface area contributed by atoms with Crippen LogP contribution in [0.15, 0.2) is 24.3 Å². The van der Waals surface area contributed by atoms with Gasteiger partial charge >= 0.3 is 5.97 Å². The molecule has 1 aromatic carbocycles. The zero-order valence-electron chi connectivity index (χ0n) is 11.5. The van der Waals surface area contributed by atoms with E-state index in [0.717, 1.165) is 17.9 Å². The molecule has 0 radical (unpaired) electrons. The molecule has 3 nitrogen and oxygen atoms in total. The van der Waals surface area contributed by atoms with Crippen LogP contribution in [-0.4, -0.2) is 34.7 Å². The molecule has 19 heavy (non-hydrogen) atoms. The number of aryl methyl sites for hydroxylation is 1. The first-order valence-electron chi connectivity index (χ1n) is 6.73. The summed E-state index contributed by atoms with van der Waals surface area (Å²) in [5, 5.41) is 9.59. The number of benzene rings is 1. The van der Waals surface area contributed by atoms with Gasteiger partial charge in [-0.05, 0) is 25.5 Å². The molecule has 0 amide bonds. The number of hydrogen-bond donors (Lipinski definition) is 1. The van der Waals surface area contributed by atoms with E-state index in [9.17, 15) is 4.79 Å². The number of hydrogen-bond acceptors (Lipinski definition) is 3. The highest BCUT2D eigenvalue weighted by atomic mass is 32.2. The van der Waals surface area contributed by atoms with E-state index in [2.05, 4.69) is 43.0 Å². The standard InChI is InChI=1S/C15H21NO2S/c1-11-3-5-13(6-4-11)16(8-7-15(17)18)14-9-12(2)19-10-14/h3-6,12,14H,7-10H2,1-2H3,(H,17,18). The number of nitrogens with zero attached hydrogens (tertiary/aromatic N) is 1. The molecule has 1 heterocycles. The van der Waals surface area contributed by atoms with Gasteiger partial charge in [0.2, 0.25) is 0 Å². The molecule has 1 fully saturated rings. The van der Waals surface area contributed by atoms with Crippen molar-refractivity contribution in [2.45, 2.75) is 38.0 Å². The molecule has 0 bridgehead atoms. The monoisotopic (exact) mass is 279 g/mol. The molecule has 0 aromatic heterocycles. The summed E-state index contributed by atoms with van der Waals surface area (Å²) < 4.78 is 0. The number of carboxylic acid groups (broad SMARTS) is 1. The molecule has 1 saturated heterocycles. The summed E-state index contributed by atoms with van der Waals surface area (Å²) in [6.07, 6.45) is 1.33. The quantitative estimate of drug-likeness (QED) is 0.899. The minimum Gasteiger partial charge on any atom is -0.481 e. The largest absolute Gasteiger partial charge is 0.481 e. The lowest BCUT2D eigenvalue weighted by molar-refractivity contribution is -0.136. The van der Waals surface area contributed by atoms with Gasteiger partial charge in [0.1, 0.15) is 0 Å². The van der Waals surface area contributed by atoms with Crippen LogP contribution >= 0.6 is 11.8 Å². The van der Waals surface area contributed by atoms with Crippen LogP contribution in [0.2, 0.25) is 0 Å². The Morgan fingerprint density at radius 3 is 2.63 bits per heavy atom. The maximum atomic E-state index is 10.8. The fourth-order valence-corrected chi connectivity index (χ4v) is 3.71. The van der Waals surface area contributed by atoms with E-state index >= 15 is 0 Å². The number of rotatable bonds is 5. The van der Waals surface area contributed by atoms with Crippen LogP contribution in [-0.2, 0) is 4.79 Å². The smallest absolute Gasteiger partial charge is 0.305 e. The Bertz CT molecular complexity index is 432. The third-order valence-corrected chi connectivity index (χ3v) is 4.89. The van der Waals surface area contributed by atoms with E-state index in [1.165, 1.54) is 5.56 Å². The summed E-state index contributed by atoms with van der Waals surface area (Å²) in [5.74, 6) is 0.366. The lowest BCUT2D eigenvalue weighted by atomic mass is 10.1. The predicted molar refractivity (Wildman–Crippen MR) is 81.1 cm³/mol. The molecule has 1 aliphatic rings. The fraction of sp³-hybridized carbons (Fsp3) is 0.533. The molecule has 4 heteroatoms. The third kappa shape index (κ3) is 3.90. The van der Waals surface area contributed by atoms with E-state index in [1.54, 1.807) is 0 Å². The molecular formula is C15H21NO2S. The first-order chi connectivity index (χ1) is 9.06. The average Bonchev–Trinajstić information content (AvgIpc) is 2.78. The summed E-state index contributed by atoms with van der Waals surface area (Å²) in [7, 11) is 0. The van der Waals surface area contributed by atoms with E-state index in [4.69, 9.17) is 5.11 Å². The summed E-state index contributed by atoms with van der Waals surface area (Å²) >= 11 is 1.98. The maximum Gasteiger partial charge on any atom is 0.305 e. The van der Waals surface area contributed by atoms with Crippen LogP contribution in [0, 0.1) is 6.92 Å². The van der Waals surface area contributed by atoms with Crippen LogP contribution in [0.25, 0.3) is 0 Å². The highest BCUT2D eigenvalue weighted by molar-refractivity contribution is 8.00. The predicted octanol–water partition coefficient (Wildman–Crippen LogP) is 3.17. The Morgan fingerprint density at radius 1 is 1.42 bits per heavy atom. The molecule has 104 valence electrons. The number of anilines is 1. The molecule has 0 aliphatic carbocycles. The van der Waals surface area contributed by atoms with Gasteiger partial charge in [0, 0.05) is 29.3 Å². The third-order valence-electron chi connectivity index (χ3n) is 3.55. The summed E-state index contributed by atoms with van der Waals surface area (Å²) in [6.45, 7) is 4.91. The van der Waals surface area contributed by atoms with E-state index in [-0.39, 0.29) is 6.42 Å². The second-order valence-corrected chi connectivity index (χ2v) is 6.68. The van der Waals surface area contributed by atoms with Gasteiger partial charge in [-0.15, -0.1) is 0 Å². The Balaban J connectivity index is 2.13. The SMILES string of the molecule is Cc1ccc(N(CCC(=O)O)C2CSC(C)C2)cc1. The number of carbonyl (C=O) groups is 1.